The predicted molar refractivity (Wildman–Crippen MR) is 96.3 cm³/mol. The highest BCUT2D eigenvalue weighted by Gasteiger charge is 2.45. The van der Waals surface area contributed by atoms with E-state index in [9.17, 15) is 15.3 Å². The second-order valence-corrected chi connectivity index (χ2v) is 7.12. The Hall–Kier alpha value is -0.240. The van der Waals surface area contributed by atoms with Gasteiger partial charge < -0.3 is 29.5 Å². The first-order chi connectivity index (χ1) is 12.0. The number of hydrogen-bond donors (Lipinski definition) is 3. The maximum absolute atomic E-state index is 10.2. The summed E-state index contributed by atoms with van der Waals surface area (Å²) in [6.07, 6.45) is 6.14. The van der Waals surface area contributed by atoms with Crippen molar-refractivity contribution in [3.8, 4) is 0 Å². The molecule has 0 spiro atoms. The Kier molecular flexibility index (Phi) is 11.9. The van der Waals surface area contributed by atoms with Crippen molar-refractivity contribution in [3.05, 3.63) is 0 Å². The van der Waals surface area contributed by atoms with E-state index in [2.05, 4.69) is 6.92 Å². The molecule has 1 rings (SSSR count). The molecule has 25 heavy (non-hydrogen) atoms. The summed E-state index contributed by atoms with van der Waals surface area (Å²) in [6.45, 7) is 3.88. The highest BCUT2D eigenvalue weighted by molar-refractivity contribution is 4.90. The molecule has 0 aromatic carbocycles. The highest BCUT2D eigenvalue weighted by atomic mass is 16.7. The quantitative estimate of drug-likeness (QED) is 0.436. The number of unbranched alkanes of at least 4 members (excludes halogenated alkanes) is 7. The van der Waals surface area contributed by atoms with Gasteiger partial charge in [0, 0.05) is 7.11 Å². The van der Waals surface area contributed by atoms with Gasteiger partial charge in [-0.05, 0) is 13.3 Å². The molecule has 1 fully saturated rings. The summed E-state index contributed by atoms with van der Waals surface area (Å²) in [4.78, 5) is 0. The summed E-state index contributed by atoms with van der Waals surface area (Å²) < 4.78 is 16.4. The standard InChI is InChI=1S/C19H38O6/c1-4-5-6-7-8-9-10-11-12-14(2)24-19-17(22)16(21)18(23-3)15(13-20)25-19/h14-22H,4-13H2,1-3H3/t14-,15?,16?,17?,18+,19+/m0/s1. The summed E-state index contributed by atoms with van der Waals surface area (Å²) >= 11 is 0. The average molecular weight is 363 g/mol. The van der Waals surface area contributed by atoms with Crippen molar-refractivity contribution < 1.29 is 29.5 Å². The molecule has 0 aromatic rings. The topological polar surface area (TPSA) is 88.4 Å². The normalized spacial score (nSPS) is 31.2. The smallest absolute Gasteiger partial charge is 0.186 e. The minimum atomic E-state index is -1.19. The van der Waals surface area contributed by atoms with Crippen LogP contribution in [0.2, 0.25) is 0 Å². The lowest BCUT2D eigenvalue weighted by molar-refractivity contribution is -0.313. The van der Waals surface area contributed by atoms with Crippen LogP contribution < -0.4 is 0 Å². The highest BCUT2D eigenvalue weighted by Crippen LogP contribution is 2.25. The molecule has 0 bridgehead atoms. The molecule has 0 radical (unpaired) electrons. The molecule has 1 aliphatic rings. The first-order valence-corrected chi connectivity index (χ1v) is 9.85. The molecule has 3 unspecified atom stereocenters. The second kappa shape index (κ2) is 13.0. The fourth-order valence-corrected chi connectivity index (χ4v) is 3.32. The van der Waals surface area contributed by atoms with Gasteiger partial charge in [0.25, 0.3) is 0 Å². The monoisotopic (exact) mass is 362 g/mol. The van der Waals surface area contributed by atoms with Crippen LogP contribution in [-0.2, 0) is 14.2 Å². The van der Waals surface area contributed by atoms with E-state index in [1.165, 1.54) is 52.1 Å². The summed E-state index contributed by atoms with van der Waals surface area (Å²) in [5, 5.41) is 29.6. The zero-order chi connectivity index (χ0) is 18.7. The maximum atomic E-state index is 10.2. The van der Waals surface area contributed by atoms with Crippen LogP contribution in [0, 0.1) is 0 Å². The van der Waals surface area contributed by atoms with Crippen molar-refractivity contribution in [2.45, 2.75) is 108 Å². The lowest BCUT2D eigenvalue weighted by Gasteiger charge is -2.42. The van der Waals surface area contributed by atoms with Crippen molar-refractivity contribution in [2.75, 3.05) is 13.7 Å². The Morgan fingerprint density at radius 3 is 2.12 bits per heavy atom. The van der Waals surface area contributed by atoms with Gasteiger partial charge >= 0.3 is 0 Å². The van der Waals surface area contributed by atoms with Crippen LogP contribution in [0.3, 0.4) is 0 Å². The van der Waals surface area contributed by atoms with Crippen molar-refractivity contribution >= 4 is 0 Å². The number of hydrogen-bond acceptors (Lipinski definition) is 6. The molecule has 1 aliphatic heterocycles. The Morgan fingerprint density at radius 1 is 0.960 bits per heavy atom. The van der Waals surface area contributed by atoms with Gasteiger partial charge in [-0.2, -0.15) is 0 Å². The van der Waals surface area contributed by atoms with Crippen molar-refractivity contribution in [3.63, 3.8) is 0 Å². The maximum Gasteiger partial charge on any atom is 0.186 e. The van der Waals surface area contributed by atoms with E-state index >= 15 is 0 Å². The van der Waals surface area contributed by atoms with Gasteiger partial charge in [-0.3, -0.25) is 0 Å². The summed E-state index contributed by atoms with van der Waals surface area (Å²) in [7, 11) is 1.42. The lowest BCUT2D eigenvalue weighted by Crippen LogP contribution is -2.60. The van der Waals surface area contributed by atoms with E-state index in [0.29, 0.717) is 0 Å². The molecule has 6 nitrogen and oxygen atoms in total. The van der Waals surface area contributed by atoms with Crippen LogP contribution in [0.25, 0.3) is 0 Å². The minimum Gasteiger partial charge on any atom is -0.394 e. The van der Waals surface area contributed by atoms with Crippen LogP contribution in [-0.4, -0.2) is 65.8 Å². The SMILES string of the molecule is CCCCCCCCCC[C@H](C)O[C@@H]1OC(CO)[C@@H](OC)C(O)C1O. The summed E-state index contributed by atoms with van der Waals surface area (Å²) in [5.41, 5.74) is 0. The largest absolute Gasteiger partial charge is 0.394 e. The van der Waals surface area contributed by atoms with E-state index in [1.54, 1.807) is 0 Å². The van der Waals surface area contributed by atoms with Gasteiger partial charge in [0.05, 0.1) is 12.7 Å². The Morgan fingerprint density at radius 2 is 1.56 bits per heavy atom. The van der Waals surface area contributed by atoms with Crippen molar-refractivity contribution in [1.82, 2.24) is 0 Å². The number of rotatable bonds is 13. The van der Waals surface area contributed by atoms with Crippen LogP contribution >= 0.6 is 0 Å². The third-order valence-electron chi connectivity index (χ3n) is 4.92. The van der Waals surface area contributed by atoms with Gasteiger partial charge in [-0.15, -0.1) is 0 Å². The molecular formula is C19H38O6. The third-order valence-corrected chi connectivity index (χ3v) is 4.92. The molecule has 0 amide bonds. The Bertz CT molecular complexity index is 325. The number of methoxy groups -OCH3 is 1. The van der Waals surface area contributed by atoms with E-state index < -0.39 is 30.7 Å². The van der Waals surface area contributed by atoms with Gasteiger partial charge in [0.1, 0.15) is 24.4 Å². The molecular weight excluding hydrogens is 324 g/mol. The number of aliphatic hydroxyl groups is 3. The van der Waals surface area contributed by atoms with Crippen molar-refractivity contribution in [1.29, 1.82) is 0 Å². The van der Waals surface area contributed by atoms with Gasteiger partial charge in [0.15, 0.2) is 6.29 Å². The van der Waals surface area contributed by atoms with Crippen LogP contribution in [0.5, 0.6) is 0 Å². The number of ether oxygens (including phenoxy) is 3. The van der Waals surface area contributed by atoms with Crippen LogP contribution in [0.4, 0.5) is 0 Å². The Balaban J connectivity index is 2.23. The van der Waals surface area contributed by atoms with E-state index in [1.807, 2.05) is 6.92 Å². The first-order valence-electron chi connectivity index (χ1n) is 9.85. The predicted octanol–water partition coefficient (Wildman–Crippen LogP) is 2.38. The van der Waals surface area contributed by atoms with Gasteiger partial charge in [0.2, 0.25) is 0 Å². The zero-order valence-electron chi connectivity index (χ0n) is 16.1. The van der Waals surface area contributed by atoms with E-state index in [-0.39, 0.29) is 12.7 Å². The molecule has 3 N–H and O–H groups in total. The molecule has 0 aliphatic carbocycles. The van der Waals surface area contributed by atoms with Crippen LogP contribution in [0.1, 0.15) is 71.6 Å². The molecule has 0 aromatic heterocycles. The minimum absolute atomic E-state index is 0.0784. The fourth-order valence-electron chi connectivity index (χ4n) is 3.32. The summed E-state index contributed by atoms with van der Waals surface area (Å²) in [6, 6.07) is 0. The van der Waals surface area contributed by atoms with E-state index in [4.69, 9.17) is 14.2 Å². The molecule has 6 heteroatoms. The average Bonchev–Trinajstić information content (AvgIpc) is 2.61. The molecule has 1 saturated heterocycles. The number of aliphatic hydroxyl groups excluding tert-OH is 3. The van der Waals surface area contributed by atoms with Gasteiger partial charge in [-0.25, -0.2) is 0 Å². The lowest BCUT2D eigenvalue weighted by atomic mass is 9.99. The van der Waals surface area contributed by atoms with E-state index in [0.717, 1.165) is 12.8 Å². The fraction of sp³-hybridized carbons (Fsp3) is 1.00. The first kappa shape index (κ1) is 22.8. The second-order valence-electron chi connectivity index (χ2n) is 7.12. The van der Waals surface area contributed by atoms with Crippen molar-refractivity contribution in [2.24, 2.45) is 0 Å². The third kappa shape index (κ3) is 7.89. The summed E-state index contributed by atoms with van der Waals surface area (Å²) in [5.74, 6) is 0. The molecule has 6 atom stereocenters. The Labute approximate surface area is 152 Å². The van der Waals surface area contributed by atoms with Crippen LogP contribution in [0.15, 0.2) is 0 Å². The molecule has 150 valence electrons. The molecule has 0 saturated carbocycles. The molecule has 1 heterocycles. The van der Waals surface area contributed by atoms with Gasteiger partial charge in [-0.1, -0.05) is 58.3 Å². The zero-order valence-corrected chi connectivity index (χ0v) is 16.1.